The molecule has 0 spiro atoms. The van der Waals surface area contributed by atoms with Crippen LogP contribution in [0.2, 0.25) is 0 Å². The molecule has 0 bridgehead atoms. The van der Waals surface area contributed by atoms with E-state index in [9.17, 15) is 13.2 Å². The Labute approximate surface area is 119 Å². The van der Waals surface area contributed by atoms with Gasteiger partial charge < -0.3 is 4.74 Å². The summed E-state index contributed by atoms with van der Waals surface area (Å²) < 4.78 is 30.5. The number of nitrogens with zero attached hydrogens (tertiary/aromatic N) is 3. The van der Waals surface area contributed by atoms with Gasteiger partial charge in [-0.15, -0.1) is 0 Å². The second-order valence-electron chi connectivity index (χ2n) is 5.15. The zero-order chi connectivity index (χ0) is 15.3. The van der Waals surface area contributed by atoms with Crippen molar-refractivity contribution in [3.8, 4) is 0 Å². The van der Waals surface area contributed by atoms with Gasteiger partial charge in [0.2, 0.25) is 0 Å². The lowest BCUT2D eigenvalue weighted by molar-refractivity contribution is -0.140. The van der Waals surface area contributed by atoms with Gasteiger partial charge in [0.15, 0.2) is 9.84 Å². The summed E-state index contributed by atoms with van der Waals surface area (Å²) in [5, 5.41) is 3.22. The average Bonchev–Trinajstić information content (AvgIpc) is 2.74. The second kappa shape index (κ2) is 6.83. The summed E-state index contributed by atoms with van der Waals surface area (Å²) in [6.45, 7) is 6.13. The number of hydrogen-bond acceptors (Lipinski definition) is 6. The lowest BCUT2D eigenvalue weighted by Gasteiger charge is -2.13. The molecule has 0 amide bonds. The van der Waals surface area contributed by atoms with Crippen molar-refractivity contribution in [2.75, 3.05) is 7.11 Å². The third-order valence-corrected chi connectivity index (χ3v) is 4.91. The fourth-order valence-electron chi connectivity index (χ4n) is 1.67. The standard InChI is InChI=1S/C12H21N3O4S/c1-9(2)6-15-11(13-8-14-15)7-20(17,18)10(3)5-12(16)19-4/h8-10H,5-7H2,1-4H3. The number of aromatic nitrogens is 3. The van der Waals surface area contributed by atoms with Gasteiger partial charge in [-0.05, 0) is 12.8 Å². The highest BCUT2D eigenvalue weighted by Crippen LogP contribution is 2.13. The van der Waals surface area contributed by atoms with Crippen LogP contribution in [0.15, 0.2) is 6.33 Å². The van der Waals surface area contributed by atoms with Crippen molar-refractivity contribution in [2.45, 2.75) is 44.7 Å². The molecular formula is C12H21N3O4S. The van der Waals surface area contributed by atoms with E-state index in [1.54, 1.807) is 4.68 Å². The fraction of sp³-hybridized carbons (Fsp3) is 0.750. The van der Waals surface area contributed by atoms with E-state index in [-0.39, 0.29) is 12.2 Å². The Morgan fingerprint density at radius 2 is 2.05 bits per heavy atom. The summed E-state index contributed by atoms with van der Waals surface area (Å²) in [4.78, 5) is 15.2. The molecule has 20 heavy (non-hydrogen) atoms. The Hall–Kier alpha value is -1.44. The predicted octanol–water partition coefficient (Wildman–Crippen LogP) is 0.800. The molecule has 7 nitrogen and oxygen atoms in total. The van der Waals surface area contributed by atoms with Gasteiger partial charge in [0.1, 0.15) is 17.9 Å². The van der Waals surface area contributed by atoms with Gasteiger partial charge in [0, 0.05) is 6.54 Å². The van der Waals surface area contributed by atoms with Crippen LogP contribution in [0.1, 0.15) is 33.0 Å². The van der Waals surface area contributed by atoms with Crippen LogP contribution in [0.5, 0.6) is 0 Å². The molecule has 0 N–H and O–H groups in total. The zero-order valence-corrected chi connectivity index (χ0v) is 13.1. The molecule has 1 heterocycles. The first kappa shape index (κ1) is 16.6. The summed E-state index contributed by atoms with van der Waals surface area (Å²) in [5.74, 6) is -0.0245. The summed E-state index contributed by atoms with van der Waals surface area (Å²) in [7, 11) is -2.23. The van der Waals surface area contributed by atoms with Crippen molar-refractivity contribution in [3.05, 3.63) is 12.2 Å². The molecule has 0 aromatic carbocycles. The fourth-order valence-corrected chi connectivity index (χ4v) is 2.92. The largest absolute Gasteiger partial charge is 0.469 e. The van der Waals surface area contributed by atoms with Crippen molar-refractivity contribution in [3.63, 3.8) is 0 Å². The summed E-state index contributed by atoms with van der Waals surface area (Å²) >= 11 is 0. The molecule has 0 saturated carbocycles. The van der Waals surface area contributed by atoms with Crippen molar-refractivity contribution < 1.29 is 17.9 Å². The molecule has 8 heteroatoms. The van der Waals surface area contributed by atoms with E-state index in [0.717, 1.165) is 0 Å². The molecular weight excluding hydrogens is 282 g/mol. The summed E-state index contributed by atoms with van der Waals surface area (Å²) in [6, 6.07) is 0. The number of sulfone groups is 1. The molecule has 0 saturated heterocycles. The van der Waals surface area contributed by atoms with Gasteiger partial charge >= 0.3 is 5.97 Å². The number of hydrogen-bond donors (Lipinski definition) is 0. The third kappa shape index (κ3) is 4.59. The van der Waals surface area contributed by atoms with Gasteiger partial charge in [-0.1, -0.05) is 13.8 Å². The van der Waals surface area contributed by atoms with Gasteiger partial charge in [-0.25, -0.2) is 18.1 Å². The van der Waals surface area contributed by atoms with E-state index in [4.69, 9.17) is 0 Å². The summed E-state index contributed by atoms with van der Waals surface area (Å²) in [5.41, 5.74) is 0. The Morgan fingerprint density at radius 3 is 2.60 bits per heavy atom. The minimum Gasteiger partial charge on any atom is -0.469 e. The maximum Gasteiger partial charge on any atom is 0.306 e. The van der Waals surface area contributed by atoms with E-state index < -0.39 is 21.1 Å². The van der Waals surface area contributed by atoms with Gasteiger partial charge in [0.25, 0.3) is 0 Å². The minimum atomic E-state index is -3.47. The van der Waals surface area contributed by atoms with Crippen LogP contribution in [-0.2, 0) is 31.7 Å². The number of carbonyl (C=O) groups is 1. The highest BCUT2D eigenvalue weighted by molar-refractivity contribution is 7.91. The molecule has 1 atom stereocenters. The molecule has 1 aromatic heterocycles. The molecule has 0 radical (unpaired) electrons. The molecule has 1 aromatic rings. The predicted molar refractivity (Wildman–Crippen MR) is 73.6 cm³/mol. The monoisotopic (exact) mass is 303 g/mol. The van der Waals surface area contributed by atoms with Crippen molar-refractivity contribution in [1.29, 1.82) is 0 Å². The average molecular weight is 303 g/mol. The van der Waals surface area contributed by atoms with E-state index in [0.29, 0.717) is 18.3 Å². The number of carbonyl (C=O) groups excluding carboxylic acids is 1. The van der Waals surface area contributed by atoms with Gasteiger partial charge in [-0.2, -0.15) is 5.10 Å². The lowest BCUT2D eigenvalue weighted by atomic mass is 10.2. The molecule has 0 fully saturated rings. The Morgan fingerprint density at radius 1 is 1.40 bits per heavy atom. The number of methoxy groups -OCH3 is 1. The molecule has 0 aliphatic heterocycles. The van der Waals surface area contributed by atoms with E-state index >= 15 is 0 Å². The van der Waals surface area contributed by atoms with Crippen LogP contribution >= 0.6 is 0 Å². The molecule has 0 aliphatic carbocycles. The van der Waals surface area contributed by atoms with E-state index in [1.165, 1.54) is 20.4 Å². The van der Waals surface area contributed by atoms with Crippen LogP contribution in [0.4, 0.5) is 0 Å². The first-order valence-corrected chi connectivity index (χ1v) is 8.13. The maximum absolute atomic E-state index is 12.2. The van der Waals surface area contributed by atoms with Crippen LogP contribution in [0.25, 0.3) is 0 Å². The van der Waals surface area contributed by atoms with Gasteiger partial charge in [0.05, 0.1) is 18.8 Å². The molecule has 0 aliphatic rings. The van der Waals surface area contributed by atoms with E-state index in [1.807, 2.05) is 13.8 Å². The smallest absolute Gasteiger partial charge is 0.306 e. The topological polar surface area (TPSA) is 91.2 Å². The normalized spacial score (nSPS) is 13.4. The van der Waals surface area contributed by atoms with Crippen molar-refractivity contribution in [2.24, 2.45) is 5.92 Å². The first-order chi connectivity index (χ1) is 9.26. The highest BCUT2D eigenvalue weighted by Gasteiger charge is 2.26. The quantitative estimate of drug-likeness (QED) is 0.692. The highest BCUT2D eigenvalue weighted by atomic mass is 32.2. The van der Waals surface area contributed by atoms with Crippen molar-refractivity contribution >= 4 is 15.8 Å². The van der Waals surface area contributed by atoms with Crippen LogP contribution < -0.4 is 0 Å². The lowest BCUT2D eigenvalue weighted by Crippen LogP contribution is -2.25. The number of rotatable bonds is 7. The number of ether oxygens (including phenoxy) is 1. The zero-order valence-electron chi connectivity index (χ0n) is 12.2. The van der Waals surface area contributed by atoms with Crippen LogP contribution in [-0.4, -0.2) is 41.5 Å². The van der Waals surface area contributed by atoms with Crippen molar-refractivity contribution in [1.82, 2.24) is 14.8 Å². The molecule has 1 rings (SSSR count). The second-order valence-corrected chi connectivity index (χ2v) is 7.57. The summed E-state index contributed by atoms with van der Waals surface area (Å²) in [6.07, 6.45) is 1.19. The maximum atomic E-state index is 12.2. The third-order valence-electron chi connectivity index (χ3n) is 2.86. The Bertz CT molecular complexity index is 551. The minimum absolute atomic E-state index is 0.156. The SMILES string of the molecule is COC(=O)CC(C)S(=O)(=O)Cc1ncnn1CC(C)C. The molecule has 1 unspecified atom stereocenters. The number of esters is 1. The molecule has 114 valence electrons. The first-order valence-electron chi connectivity index (χ1n) is 6.41. The van der Waals surface area contributed by atoms with Crippen LogP contribution in [0.3, 0.4) is 0 Å². The Balaban J connectivity index is 2.81. The van der Waals surface area contributed by atoms with Crippen LogP contribution in [0, 0.1) is 5.92 Å². The van der Waals surface area contributed by atoms with Gasteiger partial charge in [-0.3, -0.25) is 4.79 Å². The Kier molecular flexibility index (Phi) is 5.67. The van der Waals surface area contributed by atoms with E-state index in [2.05, 4.69) is 14.8 Å².